The largest absolute Gasteiger partial charge is 0.501 e. The van der Waals surface area contributed by atoms with Crippen molar-refractivity contribution in [2.45, 2.75) is 24.6 Å². The van der Waals surface area contributed by atoms with E-state index in [1.807, 2.05) is 0 Å². The summed E-state index contributed by atoms with van der Waals surface area (Å²) in [5, 5.41) is 0. The van der Waals surface area contributed by atoms with Gasteiger partial charge in [0.25, 0.3) is 0 Å². The summed E-state index contributed by atoms with van der Waals surface area (Å²) in [5.74, 6) is 0. The van der Waals surface area contributed by atoms with Crippen molar-refractivity contribution >= 4 is 17.6 Å². The summed E-state index contributed by atoms with van der Waals surface area (Å²) >= 11 is 0. The highest BCUT2D eigenvalue weighted by Gasteiger charge is 2.48. The fourth-order valence-electron chi connectivity index (χ4n) is 2.53. The normalized spacial score (nSPS) is 22.6. The highest BCUT2D eigenvalue weighted by atomic mass is 28.4. The van der Waals surface area contributed by atoms with Gasteiger partial charge in [-0.3, -0.25) is 4.90 Å². The van der Waals surface area contributed by atoms with Crippen molar-refractivity contribution in [3.63, 3.8) is 0 Å². The summed E-state index contributed by atoms with van der Waals surface area (Å²) in [7, 11) is 5.01. The topological polar surface area (TPSA) is 58.4 Å². The van der Waals surface area contributed by atoms with Crippen LogP contribution >= 0.6 is 0 Å². The fraction of sp³-hybridized carbons (Fsp3) is 1.00. The first-order chi connectivity index (χ1) is 10.0. The van der Waals surface area contributed by atoms with Crippen molar-refractivity contribution in [2.75, 3.05) is 55.7 Å². The third kappa shape index (κ3) is 5.08. The van der Waals surface area contributed by atoms with E-state index in [1.165, 1.54) is 0 Å². The van der Waals surface area contributed by atoms with Gasteiger partial charge >= 0.3 is 17.6 Å². The van der Waals surface area contributed by atoms with Crippen LogP contribution in [0.1, 0.15) is 6.42 Å². The molecule has 1 rings (SSSR count). The van der Waals surface area contributed by atoms with Crippen LogP contribution in [0.25, 0.3) is 0 Å². The Morgan fingerprint density at radius 3 is 1.71 bits per heavy atom. The lowest BCUT2D eigenvalue weighted by Crippen LogP contribution is -2.44. The maximum absolute atomic E-state index is 5.46. The second-order valence-electron chi connectivity index (χ2n) is 5.05. The van der Waals surface area contributed by atoms with Crippen molar-refractivity contribution in [1.29, 1.82) is 0 Å². The van der Waals surface area contributed by atoms with Gasteiger partial charge in [0, 0.05) is 67.3 Å². The zero-order chi connectivity index (χ0) is 15.9. The van der Waals surface area contributed by atoms with Crippen LogP contribution in [0.5, 0.6) is 0 Å². The van der Waals surface area contributed by atoms with Crippen molar-refractivity contribution in [3.8, 4) is 0 Å². The van der Waals surface area contributed by atoms with Crippen LogP contribution in [0.15, 0.2) is 0 Å². The van der Waals surface area contributed by atoms with Crippen LogP contribution in [0.2, 0.25) is 12.1 Å². The molecule has 0 N–H and O–H groups in total. The predicted molar refractivity (Wildman–Crippen MR) is 83.2 cm³/mol. The molecule has 0 aromatic rings. The summed E-state index contributed by atoms with van der Waals surface area (Å²) < 4.78 is 32.6. The lowest BCUT2D eigenvalue weighted by molar-refractivity contribution is 0.120. The predicted octanol–water partition coefficient (Wildman–Crippen LogP) is 0.817. The Kier molecular flexibility index (Phi) is 7.95. The van der Waals surface area contributed by atoms with Gasteiger partial charge < -0.3 is 26.6 Å². The molecule has 9 heteroatoms. The van der Waals surface area contributed by atoms with Gasteiger partial charge in [0.1, 0.15) is 0 Å². The average Bonchev–Trinajstić information content (AvgIpc) is 3.27. The second-order valence-corrected chi connectivity index (χ2v) is 11.1. The van der Waals surface area contributed by atoms with E-state index in [0.717, 1.165) is 31.6 Å². The highest BCUT2D eigenvalue weighted by Crippen LogP contribution is 2.29. The summed E-state index contributed by atoms with van der Waals surface area (Å²) in [6, 6.07) is 2.14. The Hall–Kier alpha value is 0.154. The molecule has 0 aliphatic carbocycles. The van der Waals surface area contributed by atoms with Crippen LogP contribution in [0, 0.1) is 0 Å². The lowest BCUT2D eigenvalue weighted by atomic mass is 10.5. The van der Waals surface area contributed by atoms with Crippen LogP contribution in [0.4, 0.5) is 0 Å². The van der Waals surface area contributed by atoms with Gasteiger partial charge in [-0.2, -0.15) is 0 Å². The van der Waals surface area contributed by atoms with Crippen molar-refractivity contribution < 1.29 is 26.6 Å². The quantitative estimate of drug-likeness (QED) is 0.385. The molecule has 0 saturated carbocycles. The maximum atomic E-state index is 5.46. The van der Waals surface area contributed by atoms with Gasteiger partial charge in [-0.05, 0) is 13.0 Å². The van der Waals surface area contributed by atoms with E-state index in [0.29, 0.717) is 6.04 Å². The zero-order valence-corrected chi connectivity index (χ0v) is 16.0. The van der Waals surface area contributed by atoms with Crippen molar-refractivity contribution in [1.82, 2.24) is 4.90 Å². The molecular formula is C12H29NO6Si2. The fourth-order valence-corrected chi connectivity index (χ4v) is 6.20. The smallest absolute Gasteiger partial charge is 0.377 e. The summed E-state index contributed by atoms with van der Waals surface area (Å²) in [4.78, 5) is 2.39. The minimum Gasteiger partial charge on any atom is -0.377 e. The molecule has 126 valence electrons. The van der Waals surface area contributed by atoms with Crippen LogP contribution < -0.4 is 0 Å². The van der Waals surface area contributed by atoms with Gasteiger partial charge in [-0.1, -0.05) is 0 Å². The number of hydrogen-bond donors (Lipinski definition) is 0. The summed E-state index contributed by atoms with van der Waals surface area (Å²) in [5.41, 5.74) is 0. The van der Waals surface area contributed by atoms with Gasteiger partial charge in [-0.25, -0.2) is 0 Å². The third-order valence-electron chi connectivity index (χ3n) is 4.11. The second kappa shape index (κ2) is 8.70. The molecule has 7 nitrogen and oxygen atoms in total. The first-order valence-electron chi connectivity index (χ1n) is 7.09. The van der Waals surface area contributed by atoms with E-state index in [1.54, 1.807) is 42.7 Å². The van der Waals surface area contributed by atoms with E-state index >= 15 is 0 Å². The van der Waals surface area contributed by atoms with E-state index in [9.17, 15) is 0 Å². The molecule has 1 heterocycles. The molecule has 1 aliphatic rings. The van der Waals surface area contributed by atoms with Crippen LogP contribution in [-0.2, 0) is 26.6 Å². The summed E-state index contributed by atoms with van der Waals surface area (Å²) in [6.45, 7) is 2.06. The number of hydrogen-bond acceptors (Lipinski definition) is 7. The molecule has 2 atom stereocenters. The first kappa shape index (κ1) is 19.2. The monoisotopic (exact) mass is 339 g/mol. The Balaban J connectivity index is 2.31. The lowest BCUT2D eigenvalue weighted by Gasteiger charge is -2.25. The van der Waals surface area contributed by atoms with E-state index in [4.69, 9.17) is 26.6 Å². The highest BCUT2D eigenvalue weighted by molar-refractivity contribution is 6.61. The van der Waals surface area contributed by atoms with E-state index in [-0.39, 0.29) is 0 Å². The van der Waals surface area contributed by atoms with E-state index < -0.39 is 17.6 Å². The molecule has 1 fully saturated rings. The average molecular weight is 340 g/mol. The van der Waals surface area contributed by atoms with Gasteiger partial charge in [0.05, 0.1) is 0 Å². The molecule has 0 amide bonds. The van der Waals surface area contributed by atoms with Crippen molar-refractivity contribution in [3.05, 3.63) is 0 Å². The molecule has 0 aromatic carbocycles. The van der Waals surface area contributed by atoms with Crippen molar-refractivity contribution in [2.24, 2.45) is 0 Å². The Labute approximate surface area is 130 Å². The minimum absolute atomic E-state index is 0.486. The first-order valence-corrected chi connectivity index (χ1v) is 11.0. The molecule has 21 heavy (non-hydrogen) atoms. The molecule has 0 spiro atoms. The molecule has 0 radical (unpaired) electrons. The van der Waals surface area contributed by atoms with Crippen LogP contribution in [0.3, 0.4) is 0 Å². The Bertz CT molecular complexity index is 285. The standard InChI is InChI=1S/C12H29NO6Si2/c1-14-20(15-2,16-3)9-7-8-13-10-12(13)11-21(17-4,18-5)19-6/h12H,7-11H2,1-6H3. The molecule has 0 aromatic heterocycles. The number of nitrogens with zero attached hydrogens (tertiary/aromatic N) is 1. The SMILES string of the molecule is CO[Si](CCCN1CC1C[Si](OC)(OC)OC)(OC)OC. The third-order valence-corrected chi connectivity index (χ3v) is 9.78. The molecule has 2 unspecified atom stereocenters. The molecule has 1 saturated heterocycles. The minimum atomic E-state index is -2.46. The summed E-state index contributed by atoms with van der Waals surface area (Å²) in [6.07, 6.45) is 0.986. The maximum Gasteiger partial charge on any atom is 0.501 e. The van der Waals surface area contributed by atoms with Crippen LogP contribution in [-0.4, -0.2) is 84.3 Å². The molecule has 1 aliphatic heterocycles. The Morgan fingerprint density at radius 2 is 1.29 bits per heavy atom. The van der Waals surface area contributed by atoms with Gasteiger partial charge in [0.15, 0.2) is 0 Å². The van der Waals surface area contributed by atoms with Gasteiger partial charge in [-0.15, -0.1) is 0 Å². The Morgan fingerprint density at radius 1 is 0.810 bits per heavy atom. The van der Waals surface area contributed by atoms with Gasteiger partial charge in [0.2, 0.25) is 0 Å². The van der Waals surface area contributed by atoms with E-state index in [2.05, 4.69) is 4.90 Å². The molecular weight excluding hydrogens is 310 g/mol. The number of rotatable bonds is 12. The zero-order valence-electron chi connectivity index (χ0n) is 14.0. The molecule has 0 bridgehead atoms.